The lowest BCUT2D eigenvalue weighted by atomic mass is 10.0. The third kappa shape index (κ3) is 6.38. The highest BCUT2D eigenvalue weighted by Crippen LogP contribution is 2.29. The highest BCUT2D eigenvalue weighted by Gasteiger charge is 2.11. The largest absolute Gasteiger partial charge is 0.493 e. The van der Waals surface area contributed by atoms with E-state index in [1.807, 2.05) is 13.0 Å². The predicted octanol–water partition coefficient (Wildman–Crippen LogP) is 4.18. The maximum atomic E-state index is 6.03. The van der Waals surface area contributed by atoms with Crippen molar-refractivity contribution < 1.29 is 9.47 Å². The lowest BCUT2D eigenvalue weighted by molar-refractivity contribution is 0.224. The van der Waals surface area contributed by atoms with Crippen molar-refractivity contribution in [3.63, 3.8) is 0 Å². The minimum absolute atomic E-state index is 0.152. The Balaban J connectivity index is 2.70. The average Bonchev–Trinajstić information content (AvgIpc) is 2.47. The van der Waals surface area contributed by atoms with Crippen molar-refractivity contribution in [3.8, 4) is 11.5 Å². The topological polar surface area (TPSA) is 44.5 Å². The van der Waals surface area contributed by atoms with Gasteiger partial charge in [-0.1, -0.05) is 39.2 Å². The van der Waals surface area contributed by atoms with Gasteiger partial charge in [-0.05, 0) is 43.4 Å². The predicted molar refractivity (Wildman–Crippen MR) is 89.1 cm³/mol. The Bertz CT molecular complexity index is 404. The fourth-order valence-corrected chi connectivity index (χ4v) is 2.44. The van der Waals surface area contributed by atoms with Crippen LogP contribution in [0.25, 0.3) is 0 Å². The second-order valence-corrected chi connectivity index (χ2v) is 5.89. The van der Waals surface area contributed by atoms with Crippen molar-refractivity contribution in [1.29, 1.82) is 0 Å². The Morgan fingerprint density at radius 2 is 1.95 bits per heavy atom. The monoisotopic (exact) mass is 293 g/mol. The Labute approximate surface area is 129 Å². The molecule has 0 amide bonds. The molecule has 0 aliphatic heterocycles. The molecule has 120 valence electrons. The second-order valence-electron chi connectivity index (χ2n) is 5.89. The van der Waals surface area contributed by atoms with Crippen molar-refractivity contribution in [2.75, 3.05) is 13.7 Å². The number of nitrogens with two attached hydrogens (primary N) is 1. The van der Waals surface area contributed by atoms with E-state index in [9.17, 15) is 0 Å². The van der Waals surface area contributed by atoms with E-state index in [1.165, 1.54) is 24.8 Å². The van der Waals surface area contributed by atoms with Crippen LogP contribution in [0.15, 0.2) is 18.2 Å². The van der Waals surface area contributed by atoms with Crippen LogP contribution >= 0.6 is 0 Å². The number of ether oxygens (including phenoxy) is 2. The zero-order valence-corrected chi connectivity index (χ0v) is 14.0. The zero-order valence-electron chi connectivity index (χ0n) is 14.0. The third-order valence-corrected chi connectivity index (χ3v) is 3.80. The first kappa shape index (κ1) is 17.8. The van der Waals surface area contributed by atoms with E-state index in [1.54, 1.807) is 7.11 Å². The maximum Gasteiger partial charge on any atom is 0.161 e. The number of methoxy groups -OCH3 is 1. The normalized spacial score (nSPS) is 13.8. The molecule has 2 atom stereocenters. The summed E-state index contributed by atoms with van der Waals surface area (Å²) in [6.07, 6.45) is 5.75. The quantitative estimate of drug-likeness (QED) is 0.704. The molecule has 21 heavy (non-hydrogen) atoms. The standard InChI is InChI=1S/C18H31NO2/c1-5-7-8-15(6-2)13-21-18-12-16(11-14(3)19)9-10-17(18)20-4/h9-10,12,14-15H,5-8,11,13,19H2,1-4H3. The number of hydrogen-bond donors (Lipinski definition) is 1. The Kier molecular flexibility index (Phi) is 8.21. The number of benzene rings is 1. The molecule has 0 aliphatic carbocycles. The molecule has 0 saturated heterocycles. The van der Waals surface area contributed by atoms with Gasteiger partial charge in [0.25, 0.3) is 0 Å². The van der Waals surface area contributed by atoms with Gasteiger partial charge in [-0.25, -0.2) is 0 Å². The van der Waals surface area contributed by atoms with Gasteiger partial charge in [0.2, 0.25) is 0 Å². The van der Waals surface area contributed by atoms with Crippen LogP contribution < -0.4 is 15.2 Å². The van der Waals surface area contributed by atoms with Crippen molar-refractivity contribution in [1.82, 2.24) is 0 Å². The molecule has 0 aliphatic rings. The maximum absolute atomic E-state index is 6.03. The minimum Gasteiger partial charge on any atom is -0.493 e. The molecule has 0 radical (unpaired) electrons. The van der Waals surface area contributed by atoms with E-state index < -0.39 is 0 Å². The molecule has 1 aromatic rings. The van der Waals surface area contributed by atoms with E-state index >= 15 is 0 Å². The van der Waals surface area contributed by atoms with Crippen LogP contribution in [0.5, 0.6) is 11.5 Å². The zero-order chi connectivity index (χ0) is 15.7. The number of unbranched alkanes of at least 4 members (excludes halogenated alkanes) is 1. The van der Waals surface area contributed by atoms with Crippen LogP contribution in [-0.2, 0) is 6.42 Å². The number of hydrogen-bond acceptors (Lipinski definition) is 3. The fraction of sp³-hybridized carbons (Fsp3) is 0.667. The molecule has 3 nitrogen and oxygen atoms in total. The van der Waals surface area contributed by atoms with E-state index in [0.717, 1.165) is 30.9 Å². The van der Waals surface area contributed by atoms with Crippen LogP contribution in [0.4, 0.5) is 0 Å². The molecule has 1 aromatic carbocycles. The second kappa shape index (κ2) is 9.67. The lowest BCUT2D eigenvalue weighted by Gasteiger charge is -2.18. The summed E-state index contributed by atoms with van der Waals surface area (Å²) in [5, 5.41) is 0. The van der Waals surface area contributed by atoms with Crippen LogP contribution in [0.3, 0.4) is 0 Å². The lowest BCUT2D eigenvalue weighted by Crippen LogP contribution is -2.18. The molecule has 3 heteroatoms. The Morgan fingerprint density at radius 3 is 2.52 bits per heavy atom. The molecule has 2 N–H and O–H groups in total. The van der Waals surface area contributed by atoms with Gasteiger partial charge in [-0.15, -0.1) is 0 Å². The summed E-state index contributed by atoms with van der Waals surface area (Å²) >= 11 is 0. The molecule has 0 heterocycles. The van der Waals surface area contributed by atoms with Crippen molar-refractivity contribution in [3.05, 3.63) is 23.8 Å². The van der Waals surface area contributed by atoms with E-state index in [-0.39, 0.29) is 6.04 Å². The molecule has 0 aromatic heterocycles. The van der Waals surface area contributed by atoms with Crippen LogP contribution in [0.1, 0.15) is 52.0 Å². The summed E-state index contributed by atoms with van der Waals surface area (Å²) in [4.78, 5) is 0. The Hall–Kier alpha value is -1.22. The first-order valence-corrected chi connectivity index (χ1v) is 8.15. The van der Waals surface area contributed by atoms with E-state index in [2.05, 4.69) is 26.0 Å². The average molecular weight is 293 g/mol. The van der Waals surface area contributed by atoms with Gasteiger partial charge in [0.1, 0.15) is 0 Å². The first-order valence-electron chi connectivity index (χ1n) is 8.15. The SMILES string of the molecule is CCCCC(CC)COc1cc(CC(C)N)ccc1OC. The first-order chi connectivity index (χ1) is 10.1. The molecule has 0 fully saturated rings. The highest BCUT2D eigenvalue weighted by atomic mass is 16.5. The van der Waals surface area contributed by atoms with Gasteiger partial charge in [-0.2, -0.15) is 0 Å². The summed E-state index contributed by atoms with van der Waals surface area (Å²) in [5.74, 6) is 2.26. The fourth-order valence-electron chi connectivity index (χ4n) is 2.44. The summed E-state index contributed by atoms with van der Waals surface area (Å²) < 4.78 is 11.4. The van der Waals surface area contributed by atoms with E-state index in [0.29, 0.717) is 5.92 Å². The summed E-state index contributed by atoms with van der Waals surface area (Å²) in [7, 11) is 1.68. The number of rotatable bonds is 10. The van der Waals surface area contributed by atoms with Crippen molar-refractivity contribution in [2.24, 2.45) is 11.7 Å². The summed E-state index contributed by atoms with van der Waals surface area (Å²) in [5.41, 5.74) is 7.07. The molecule has 0 saturated carbocycles. The minimum atomic E-state index is 0.152. The highest BCUT2D eigenvalue weighted by molar-refractivity contribution is 5.43. The smallest absolute Gasteiger partial charge is 0.161 e. The van der Waals surface area contributed by atoms with E-state index in [4.69, 9.17) is 15.2 Å². The molecule has 0 bridgehead atoms. The van der Waals surface area contributed by atoms with Gasteiger partial charge in [0, 0.05) is 6.04 Å². The Morgan fingerprint density at radius 1 is 1.19 bits per heavy atom. The third-order valence-electron chi connectivity index (χ3n) is 3.80. The van der Waals surface area contributed by atoms with Crippen molar-refractivity contribution in [2.45, 2.75) is 58.9 Å². The molecule has 0 spiro atoms. The van der Waals surface area contributed by atoms with Gasteiger partial charge in [-0.3, -0.25) is 0 Å². The molecular weight excluding hydrogens is 262 g/mol. The van der Waals surface area contributed by atoms with Gasteiger partial charge >= 0.3 is 0 Å². The summed E-state index contributed by atoms with van der Waals surface area (Å²) in [6, 6.07) is 6.25. The van der Waals surface area contributed by atoms with Gasteiger partial charge in [0.05, 0.1) is 13.7 Å². The van der Waals surface area contributed by atoms with Crippen LogP contribution in [0, 0.1) is 5.92 Å². The van der Waals surface area contributed by atoms with Crippen molar-refractivity contribution >= 4 is 0 Å². The van der Waals surface area contributed by atoms with Gasteiger partial charge in [0.15, 0.2) is 11.5 Å². The van der Waals surface area contributed by atoms with Gasteiger partial charge < -0.3 is 15.2 Å². The van der Waals surface area contributed by atoms with Crippen LogP contribution in [0.2, 0.25) is 0 Å². The molecule has 2 unspecified atom stereocenters. The summed E-state index contributed by atoms with van der Waals surface area (Å²) in [6.45, 7) is 7.23. The molecule has 1 rings (SSSR count). The van der Waals surface area contributed by atoms with Crippen LogP contribution in [-0.4, -0.2) is 19.8 Å². The molecular formula is C18H31NO2.